The quantitative estimate of drug-likeness (QED) is 0.919. The second kappa shape index (κ2) is 6.24. The van der Waals surface area contributed by atoms with Crippen LogP contribution in [-0.2, 0) is 25.4 Å². The molecule has 2 aromatic heterocycles. The molecule has 22 heavy (non-hydrogen) atoms. The predicted molar refractivity (Wildman–Crippen MR) is 80.2 cm³/mol. The van der Waals surface area contributed by atoms with Gasteiger partial charge in [-0.3, -0.25) is 0 Å². The van der Waals surface area contributed by atoms with E-state index >= 15 is 0 Å². The molecule has 118 valence electrons. The van der Waals surface area contributed by atoms with Crippen LogP contribution in [0.25, 0.3) is 0 Å². The van der Waals surface area contributed by atoms with Gasteiger partial charge in [-0.15, -0.1) is 11.3 Å². The first-order valence-electron chi connectivity index (χ1n) is 7.27. The number of hydrogen-bond acceptors (Lipinski definition) is 4. The van der Waals surface area contributed by atoms with E-state index in [2.05, 4.69) is 15.3 Å². The number of pyridine rings is 1. The molecule has 0 unspecified atom stereocenters. The molecule has 3 rings (SSSR count). The van der Waals surface area contributed by atoms with Crippen LogP contribution in [0.4, 0.5) is 19.0 Å². The minimum absolute atomic E-state index is 0.453. The molecule has 0 spiro atoms. The maximum Gasteiger partial charge on any atom is 0.417 e. The van der Waals surface area contributed by atoms with Gasteiger partial charge in [0.2, 0.25) is 0 Å². The van der Waals surface area contributed by atoms with E-state index in [1.165, 1.54) is 29.5 Å². The Bertz CT molecular complexity index is 611. The molecule has 0 aromatic carbocycles. The monoisotopic (exact) mass is 327 g/mol. The molecule has 0 saturated carbocycles. The van der Waals surface area contributed by atoms with Gasteiger partial charge in [-0.05, 0) is 37.8 Å². The van der Waals surface area contributed by atoms with Gasteiger partial charge in [0.1, 0.15) is 5.82 Å². The largest absolute Gasteiger partial charge is 0.417 e. The van der Waals surface area contributed by atoms with Gasteiger partial charge in [-0.25, -0.2) is 9.97 Å². The van der Waals surface area contributed by atoms with Crippen LogP contribution in [0, 0.1) is 0 Å². The van der Waals surface area contributed by atoms with Crippen LogP contribution in [-0.4, -0.2) is 16.5 Å². The number of nitrogens with one attached hydrogen (secondary N) is 1. The molecule has 1 aliphatic rings. The molecule has 0 saturated heterocycles. The van der Waals surface area contributed by atoms with Gasteiger partial charge in [-0.2, -0.15) is 13.2 Å². The van der Waals surface area contributed by atoms with Crippen LogP contribution >= 0.6 is 11.3 Å². The van der Waals surface area contributed by atoms with Gasteiger partial charge in [0, 0.05) is 24.0 Å². The van der Waals surface area contributed by atoms with Crippen LogP contribution in [0.1, 0.15) is 34.0 Å². The summed E-state index contributed by atoms with van der Waals surface area (Å²) in [6, 6.07) is 2.40. The summed E-state index contributed by atoms with van der Waals surface area (Å²) in [7, 11) is 0. The summed E-state index contributed by atoms with van der Waals surface area (Å²) in [6.45, 7) is 0.616. The third-order valence-corrected chi connectivity index (χ3v) is 4.84. The van der Waals surface area contributed by atoms with Crippen LogP contribution in [0.3, 0.4) is 0 Å². The molecule has 7 heteroatoms. The van der Waals surface area contributed by atoms with E-state index in [1.54, 1.807) is 11.3 Å². The third-order valence-electron chi connectivity index (χ3n) is 3.63. The zero-order valence-corrected chi connectivity index (χ0v) is 12.7. The number of alkyl halides is 3. The summed E-state index contributed by atoms with van der Waals surface area (Å²) in [5, 5.41) is 4.13. The summed E-state index contributed by atoms with van der Waals surface area (Å²) in [6.07, 6.45) is 1.92. The fourth-order valence-electron chi connectivity index (χ4n) is 2.48. The van der Waals surface area contributed by atoms with Crippen molar-refractivity contribution in [3.8, 4) is 0 Å². The topological polar surface area (TPSA) is 37.8 Å². The van der Waals surface area contributed by atoms with Crippen molar-refractivity contribution in [2.75, 3.05) is 11.9 Å². The van der Waals surface area contributed by atoms with Crippen molar-refractivity contribution in [1.82, 2.24) is 9.97 Å². The van der Waals surface area contributed by atoms with Gasteiger partial charge in [0.25, 0.3) is 0 Å². The van der Waals surface area contributed by atoms with Crippen molar-refractivity contribution in [1.29, 1.82) is 0 Å². The Morgan fingerprint density at radius 1 is 1.18 bits per heavy atom. The van der Waals surface area contributed by atoms with Crippen molar-refractivity contribution in [2.24, 2.45) is 0 Å². The lowest BCUT2D eigenvalue weighted by molar-refractivity contribution is -0.137. The maximum atomic E-state index is 12.4. The number of aryl methyl sites for hydroxylation is 2. The number of nitrogens with zero attached hydrogens (tertiary/aromatic N) is 2. The highest BCUT2D eigenvalue weighted by atomic mass is 32.1. The second-order valence-electron chi connectivity index (χ2n) is 5.29. The highest BCUT2D eigenvalue weighted by Gasteiger charge is 2.30. The number of thiazole rings is 1. The smallest absolute Gasteiger partial charge is 0.370 e. The molecule has 0 bridgehead atoms. The zero-order chi connectivity index (χ0) is 15.6. The van der Waals surface area contributed by atoms with E-state index in [-0.39, 0.29) is 0 Å². The average molecular weight is 327 g/mol. The van der Waals surface area contributed by atoms with Gasteiger partial charge in [0.05, 0.1) is 16.3 Å². The Labute approximate surface area is 130 Å². The van der Waals surface area contributed by atoms with Crippen LogP contribution < -0.4 is 5.32 Å². The number of hydrogen-bond donors (Lipinski definition) is 1. The molecule has 1 N–H and O–H groups in total. The highest BCUT2D eigenvalue weighted by molar-refractivity contribution is 7.11. The Morgan fingerprint density at radius 3 is 2.68 bits per heavy atom. The van der Waals surface area contributed by atoms with Gasteiger partial charge >= 0.3 is 6.18 Å². The first kappa shape index (κ1) is 15.3. The van der Waals surface area contributed by atoms with E-state index in [0.717, 1.165) is 36.5 Å². The Balaban J connectivity index is 1.53. The molecule has 1 aliphatic carbocycles. The lowest BCUT2D eigenvalue weighted by atomic mass is 10.0. The fraction of sp³-hybridized carbons (Fsp3) is 0.467. The van der Waals surface area contributed by atoms with E-state index < -0.39 is 11.7 Å². The van der Waals surface area contributed by atoms with E-state index in [0.29, 0.717) is 12.4 Å². The SMILES string of the molecule is FC(F)(F)c1ccc(NCCc2nc3c(s2)CCCC3)nc1. The molecule has 2 heterocycles. The van der Waals surface area contributed by atoms with E-state index in [1.807, 2.05) is 0 Å². The van der Waals surface area contributed by atoms with E-state index in [9.17, 15) is 13.2 Å². The molecular formula is C15H16F3N3S. The van der Waals surface area contributed by atoms with Crippen LogP contribution in [0.2, 0.25) is 0 Å². The molecule has 0 aliphatic heterocycles. The molecule has 3 nitrogen and oxygen atoms in total. The molecular weight excluding hydrogens is 311 g/mol. The molecule has 0 fully saturated rings. The van der Waals surface area contributed by atoms with Crippen molar-refractivity contribution >= 4 is 17.2 Å². The van der Waals surface area contributed by atoms with Crippen LogP contribution in [0.5, 0.6) is 0 Å². The minimum Gasteiger partial charge on any atom is -0.370 e. The second-order valence-corrected chi connectivity index (χ2v) is 6.46. The van der Waals surface area contributed by atoms with Crippen molar-refractivity contribution in [3.63, 3.8) is 0 Å². The number of rotatable bonds is 4. The zero-order valence-electron chi connectivity index (χ0n) is 11.9. The minimum atomic E-state index is -4.34. The van der Waals surface area contributed by atoms with Crippen molar-refractivity contribution < 1.29 is 13.2 Å². The summed E-state index contributed by atoms with van der Waals surface area (Å²) >= 11 is 1.76. The Hall–Kier alpha value is -1.63. The number of halogens is 3. The van der Waals surface area contributed by atoms with E-state index in [4.69, 9.17) is 0 Å². The Kier molecular flexibility index (Phi) is 4.33. The van der Waals surface area contributed by atoms with Gasteiger partial charge in [-0.1, -0.05) is 0 Å². The fourth-order valence-corrected chi connectivity index (χ4v) is 3.63. The maximum absolute atomic E-state index is 12.4. The number of anilines is 1. The predicted octanol–water partition coefficient (Wildman–Crippen LogP) is 4.09. The van der Waals surface area contributed by atoms with Crippen LogP contribution in [0.15, 0.2) is 18.3 Å². The third kappa shape index (κ3) is 3.58. The summed E-state index contributed by atoms with van der Waals surface area (Å²) in [4.78, 5) is 9.83. The number of fused-ring (bicyclic) bond motifs is 1. The lowest BCUT2D eigenvalue weighted by Crippen LogP contribution is -2.09. The van der Waals surface area contributed by atoms with Crippen molar-refractivity contribution in [3.05, 3.63) is 39.5 Å². The lowest BCUT2D eigenvalue weighted by Gasteiger charge is -2.08. The normalized spacial score (nSPS) is 14.7. The Morgan fingerprint density at radius 2 is 2.00 bits per heavy atom. The molecule has 0 amide bonds. The highest BCUT2D eigenvalue weighted by Crippen LogP contribution is 2.29. The average Bonchev–Trinajstić information content (AvgIpc) is 2.89. The van der Waals surface area contributed by atoms with Gasteiger partial charge in [0.15, 0.2) is 0 Å². The van der Waals surface area contributed by atoms with Gasteiger partial charge < -0.3 is 5.32 Å². The molecule has 0 atom stereocenters. The van der Waals surface area contributed by atoms with Crippen molar-refractivity contribution in [2.45, 2.75) is 38.3 Å². The first-order valence-corrected chi connectivity index (χ1v) is 8.08. The summed E-state index contributed by atoms with van der Waals surface area (Å²) in [5.74, 6) is 0.453. The molecule has 2 aromatic rings. The summed E-state index contributed by atoms with van der Waals surface area (Å²) < 4.78 is 37.3. The summed E-state index contributed by atoms with van der Waals surface area (Å²) in [5.41, 5.74) is 0.504. The first-order chi connectivity index (χ1) is 10.5. The molecule has 0 radical (unpaired) electrons. The standard InChI is InChI=1S/C15H16F3N3S/c16-15(17,18)10-5-6-13(20-9-10)19-8-7-14-21-11-3-1-2-4-12(11)22-14/h5-6,9H,1-4,7-8H2,(H,19,20). The number of aromatic nitrogens is 2.